The van der Waals surface area contributed by atoms with Crippen molar-refractivity contribution in [3.63, 3.8) is 0 Å². The molecule has 0 aliphatic rings. The van der Waals surface area contributed by atoms with Crippen LogP contribution in [0, 0.1) is 0 Å². The maximum absolute atomic E-state index is 11.9. The molecule has 0 saturated carbocycles. The van der Waals surface area contributed by atoms with Gasteiger partial charge in [-0.3, -0.25) is 0 Å². The second-order valence-electron chi connectivity index (χ2n) is 5.20. The van der Waals surface area contributed by atoms with Crippen LogP contribution in [0.4, 0.5) is 0 Å². The molecule has 2 aromatic carbocycles. The van der Waals surface area contributed by atoms with Crippen LogP contribution in [-0.2, 0) is 15.7 Å². The molecule has 0 bridgehead atoms. The van der Waals surface area contributed by atoms with Crippen LogP contribution in [-0.4, -0.2) is 45.4 Å². The molecule has 25 heavy (non-hydrogen) atoms. The molecule has 0 N–H and O–H groups in total. The zero-order valence-electron chi connectivity index (χ0n) is 14.6. The molecule has 0 aliphatic carbocycles. The molecule has 2 aromatic rings. The Kier molecular flexibility index (Phi) is 6.30. The molecule has 0 aromatic heterocycles. The van der Waals surface area contributed by atoms with Crippen molar-refractivity contribution < 1.29 is 25.2 Å². The average molecular weight is 451 g/mol. The summed E-state index contributed by atoms with van der Waals surface area (Å²) in [6.07, 6.45) is 0. The van der Waals surface area contributed by atoms with Gasteiger partial charge in [-0.05, 0) is 0 Å². The molecule has 0 radical (unpaired) electrons. The van der Waals surface area contributed by atoms with E-state index in [9.17, 15) is 9.59 Å². The van der Waals surface area contributed by atoms with Crippen molar-refractivity contribution in [3.8, 4) is 11.5 Å². The minimum atomic E-state index is -4.74. The van der Waals surface area contributed by atoms with Crippen LogP contribution in [0.1, 0.15) is 13.8 Å². The van der Waals surface area contributed by atoms with E-state index in [2.05, 4.69) is 0 Å². The van der Waals surface area contributed by atoms with Gasteiger partial charge in [0.15, 0.2) is 0 Å². The summed E-state index contributed by atoms with van der Waals surface area (Å²) in [5.41, 5.74) is 0. The summed E-state index contributed by atoms with van der Waals surface area (Å²) < 4.78 is 23.6. The van der Waals surface area contributed by atoms with Gasteiger partial charge in [0.25, 0.3) is 0 Å². The van der Waals surface area contributed by atoms with E-state index in [1.807, 2.05) is 0 Å². The molecule has 0 amide bonds. The first kappa shape index (κ1) is 19.1. The summed E-state index contributed by atoms with van der Waals surface area (Å²) in [6.45, 7) is 2.58. The number of ether oxygens (including phenoxy) is 2. The first-order valence-corrected chi connectivity index (χ1v) is 12.8. The van der Waals surface area contributed by atoms with Gasteiger partial charge < -0.3 is 0 Å². The maximum atomic E-state index is 11.9. The molecule has 7 heteroatoms. The zero-order chi connectivity index (χ0) is 18.4. The van der Waals surface area contributed by atoms with Gasteiger partial charge >= 0.3 is 152 Å². The van der Waals surface area contributed by atoms with Crippen molar-refractivity contribution in [2.45, 2.75) is 13.8 Å². The van der Waals surface area contributed by atoms with Crippen molar-refractivity contribution >= 4 is 38.3 Å². The normalized spacial score (nSPS) is 10.7. The molecule has 6 nitrogen and oxygen atoms in total. The predicted molar refractivity (Wildman–Crippen MR) is 94.5 cm³/mol. The number of hydrogen-bond donors (Lipinski definition) is 0. The van der Waals surface area contributed by atoms with E-state index >= 15 is 0 Å². The van der Waals surface area contributed by atoms with Crippen LogP contribution in [0.5, 0.6) is 11.5 Å². The third-order valence-electron chi connectivity index (χ3n) is 3.50. The predicted octanol–water partition coefficient (Wildman–Crippen LogP) is 1.39. The zero-order valence-corrected chi connectivity index (χ0v) is 17.4. The molecule has 0 saturated heterocycles. The van der Waals surface area contributed by atoms with Gasteiger partial charge in [-0.25, -0.2) is 0 Å². The number of hydrogen-bond acceptors (Lipinski definition) is 6. The topological polar surface area (TPSA) is 71.1 Å². The summed E-state index contributed by atoms with van der Waals surface area (Å²) in [5, 5.41) is 0. The van der Waals surface area contributed by atoms with Crippen LogP contribution in [0.15, 0.2) is 48.5 Å². The summed E-state index contributed by atoms with van der Waals surface area (Å²) in [7, 11) is 3.03. The molecule has 2 rings (SSSR count). The fourth-order valence-corrected chi connectivity index (χ4v) is 11.8. The Morgan fingerprint density at radius 2 is 1.08 bits per heavy atom. The number of carbonyl (C=O) groups is 2. The molecule has 0 aliphatic heterocycles. The van der Waals surface area contributed by atoms with Crippen molar-refractivity contribution in [1.82, 2.24) is 0 Å². The Labute approximate surface area is 151 Å². The molecule has 0 heterocycles. The van der Waals surface area contributed by atoms with E-state index < -0.39 is 31.1 Å². The van der Waals surface area contributed by atoms with Crippen LogP contribution in [0.25, 0.3) is 0 Å². The van der Waals surface area contributed by atoms with E-state index in [0.29, 0.717) is 18.7 Å². The van der Waals surface area contributed by atoms with Gasteiger partial charge in [-0.15, -0.1) is 0 Å². The number of methoxy groups -OCH3 is 2. The average Bonchev–Trinajstić information content (AvgIpc) is 2.60. The fraction of sp³-hybridized carbons (Fsp3) is 0.222. The first-order valence-electron chi connectivity index (χ1n) is 7.60. The van der Waals surface area contributed by atoms with Crippen molar-refractivity contribution in [2.75, 3.05) is 14.2 Å². The molecule has 0 spiro atoms. The van der Waals surface area contributed by atoms with Crippen molar-refractivity contribution in [1.29, 1.82) is 0 Å². The summed E-state index contributed by atoms with van der Waals surface area (Å²) in [4.78, 5) is 23.9. The summed E-state index contributed by atoms with van der Waals surface area (Å²) >= 11 is -4.74. The molecule has 0 unspecified atom stereocenters. The SMILES string of the molecule is COc1cccc[c]1[Sn]([O]C(C)=O)([O]C(C)=O)[c]1ccccc1OC. The van der Waals surface area contributed by atoms with E-state index in [0.717, 1.165) is 0 Å². The monoisotopic (exact) mass is 452 g/mol. The van der Waals surface area contributed by atoms with Gasteiger partial charge in [0.2, 0.25) is 0 Å². The van der Waals surface area contributed by atoms with Gasteiger partial charge in [-0.2, -0.15) is 0 Å². The molecule has 0 fully saturated rings. The fourth-order valence-electron chi connectivity index (χ4n) is 2.62. The number of para-hydroxylation sites is 2. The number of benzene rings is 2. The first-order chi connectivity index (χ1) is 11.9. The second kappa shape index (κ2) is 8.24. The second-order valence-corrected chi connectivity index (χ2v) is 13.0. The van der Waals surface area contributed by atoms with Crippen LogP contribution >= 0.6 is 0 Å². The summed E-state index contributed by atoms with van der Waals surface area (Å²) in [6, 6.07) is 14.1. The van der Waals surface area contributed by atoms with Gasteiger partial charge in [0.05, 0.1) is 0 Å². The third kappa shape index (κ3) is 4.07. The van der Waals surface area contributed by atoms with Crippen molar-refractivity contribution in [2.24, 2.45) is 0 Å². The Bertz CT molecular complexity index is 708. The van der Waals surface area contributed by atoms with Crippen LogP contribution in [0.2, 0.25) is 0 Å². The van der Waals surface area contributed by atoms with E-state index in [-0.39, 0.29) is 0 Å². The van der Waals surface area contributed by atoms with Crippen LogP contribution < -0.4 is 16.6 Å². The van der Waals surface area contributed by atoms with Gasteiger partial charge in [0.1, 0.15) is 0 Å². The van der Waals surface area contributed by atoms with Gasteiger partial charge in [-0.1, -0.05) is 0 Å². The van der Waals surface area contributed by atoms with Crippen molar-refractivity contribution in [3.05, 3.63) is 48.5 Å². The quantitative estimate of drug-likeness (QED) is 0.619. The molecule has 132 valence electrons. The molecular weight excluding hydrogens is 431 g/mol. The Morgan fingerprint density at radius 1 is 0.720 bits per heavy atom. The van der Waals surface area contributed by atoms with E-state index in [1.54, 1.807) is 48.5 Å². The Balaban J connectivity index is 2.85. The number of rotatable bonds is 6. The minimum absolute atomic E-state index is 0.492. The Morgan fingerprint density at radius 3 is 1.40 bits per heavy atom. The summed E-state index contributed by atoms with van der Waals surface area (Å²) in [5.74, 6) is -0.0823. The molecular formula is C18H20O6Sn. The Hall–Kier alpha value is -2.22. The number of carbonyl (C=O) groups excluding carboxylic acids is 2. The third-order valence-corrected chi connectivity index (χ3v) is 13.2. The molecule has 0 atom stereocenters. The van der Waals surface area contributed by atoms with E-state index in [4.69, 9.17) is 15.6 Å². The standard InChI is InChI=1S/2C7H7O.2C2H4O2.Sn/c2*1-8-7-5-3-2-4-6-7;2*1-2(3)4;/h2*2-5H,1H3;2*1H3,(H,3,4);/q;;;;+2/p-2. The van der Waals surface area contributed by atoms with Gasteiger partial charge in [0, 0.05) is 0 Å². The van der Waals surface area contributed by atoms with Crippen LogP contribution in [0.3, 0.4) is 0 Å². The van der Waals surface area contributed by atoms with E-state index in [1.165, 1.54) is 28.1 Å².